The van der Waals surface area contributed by atoms with Gasteiger partial charge in [0.2, 0.25) is 0 Å². The lowest BCUT2D eigenvalue weighted by atomic mass is 9.98. The SMILES string of the molecule is CN1CCCC(CNCCc2ccc(Cl)cc2Cl)C1. The van der Waals surface area contributed by atoms with E-state index in [1.807, 2.05) is 18.2 Å². The van der Waals surface area contributed by atoms with Crippen LogP contribution in [0.4, 0.5) is 0 Å². The van der Waals surface area contributed by atoms with Crippen molar-refractivity contribution in [3.8, 4) is 0 Å². The van der Waals surface area contributed by atoms with E-state index in [9.17, 15) is 0 Å². The van der Waals surface area contributed by atoms with E-state index in [1.54, 1.807) is 0 Å². The third kappa shape index (κ3) is 4.96. The van der Waals surface area contributed by atoms with Gasteiger partial charge < -0.3 is 10.2 Å². The summed E-state index contributed by atoms with van der Waals surface area (Å²) in [5.74, 6) is 0.791. The minimum absolute atomic E-state index is 0.701. The van der Waals surface area contributed by atoms with Crippen LogP contribution in [-0.2, 0) is 6.42 Å². The highest BCUT2D eigenvalue weighted by molar-refractivity contribution is 6.35. The highest BCUT2D eigenvalue weighted by Crippen LogP contribution is 2.21. The molecule has 1 aromatic carbocycles. The number of nitrogens with one attached hydrogen (secondary N) is 1. The van der Waals surface area contributed by atoms with Gasteiger partial charge in [-0.3, -0.25) is 0 Å². The third-order valence-corrected chi connectivity index (χ3v) is 4.33. The lowest BCUT2D eigenvalue weighted by Gasteiger charge is -2.29. The summed E-state index contributed by atoms with van der Waals surface area (Å²) in [7, 11) is 2.21. The summed E-state index contributed by atoms with van der Waals surface area (Å²) >= 11 is 12.0. The molecule has 2 rings (SSSR count). The Balaban J connectivity index is 1.69. The summed E-state index contributed by atoms with van der Waals surface area (Å²) in [4.78, 5) is 2.42. The molecule has 1 fully saturated rings. The lowest BCUT2D eigenvalue weighted by molar-refractivity contribution is 0.206. The van der Waals surface area contributed by atoms with Gasteiger partial charge in [0.05, 0.1) is 0 Å². The Morgan fingerprint density at radius 2 is 2.21 bits per heavy atom. The van der Waals surface area contributed by atoms with Crippen molar-refractivity contribution < 1.29 is 0 Å². The topological polar surface area (TPSA) is 15.3 Å². The molecule has 0 radical (unpaired) electrons. The largest absolute Gasteiger partial charge is 0.316 e. The average molecular weight is 301 g/mol. The molecule has 0 aliphatic carbocycles. The van der Waals surface area contributed by atoms with Gasteiger partial charge in [0.1, 0.15) is 0 Å². The first kappa shape index (κ1) is 15.1. The van der Waals surface area contributed by atoms with E-state index in [0.29, 0.717) is 5.02 Å². The van der Waals surface area contributed by atoms with E-state index in [0.717, 1.165) is 30.5 Å². The van der Waals surface area contributed by atoms with Crippen LogP contribution in [0.2, 0.25) is 10.0 Å². The van der Waals surface area contributed by atoms with Crippen molar-refractivity contribution in [1.82, 2.24) is 10.2 Å². The van der Waals surface area contributed by atoms with Gasteiger partial charge in [0, 0.05) is 16.6 Å². The van der Waals surface area contributed by atoms with E-state index < -0.39 is 0 Å². The van der Waals surface area contributed by atoms with Gasteiger partial charge in [-0.15, -0.1) is 0 Å². The molecule has 0 saturated carbocycles. The fourth-order valence-corrected chi connectivity index (χ4v) is 3.20. The Hall–Kier alpha value is -0.280. The van der Waals surface area contributed by atoms with Crippen LogP contribution in [0.15, 0.2) is 18.2 Å². The third-order valence-electron chi connectivity index (χ3n) is 3.74. The number of rotatable bonds is 5. The maximum atomic E-state index is 6.16. The molecule has 1 aliphatic heterocycles. The monoisotopic (exact) mass is 300 g/mol. The second-order valence-corrected chi connectivity index (χ2v) is 6.30. The molecule has 0 amide bonds. The minimum atomic E-state index is 0.701. The van der Waals surface area contributed by atoms with Crippen LogP contribution >= 0.6 is 23.2 Å². The van der Waals surface area contributed by atoms with Crippen LogP contribution in [0.3, 0.4) is 0 Å². The lowest BCUT2D eigenvalue weighted by Crippen LogP contribution is -2.37. The van der Waals surface area contributed by atoms with Crippen molar-refractivity contribution in [1.29, 1.82) is 0 Å². The van der Waals surface area contributed by atoms with Gasteiger partial charge in [0.15, 0.2) is 0 Å². The fourth-order valence-electron chi connectivity index (χ4n) is 2.69. The van der Waals surface area contributed by atoms with Crippen LogP contribution in [-0.4, -0.2) is 38.1 Å². The smallest absolute Gasteiger partial charge is 0.0453 e. The highest BCUT2D eigenvalue weighted by atomic mass is 35.5. The molecule has 4 heteroatoms. The Labute approximate surface area is 126 Å². The molecule has 0 aromatic heterocycles. The molecule has 1 atom stereocenters. The standard InChI is InChI=1S/C15H22Cl2N2/c1-19-8-2-3-12(11-19)10-18-7-6-13-4-5-14(16)9-15(13)17/h4-5,9,12,18H,2-3,6-8,10-11H2,1H3. The zero-order chi connectivity index (χ0) is 13.7. The zero-order valence-electron chi connectivity index (χ0n) is 11.5. The van der Waals surface area contributed by atoms with Gasteiger partial charge in [-0.1, -0.05) is 29.3 Å². The predicted octanol–water partition coefficient (Wildman–Crippen LogP) is 3.47. The Kier molecular flexibility index (Phi) is 5.96. The first-order chi connectivity index (χ1) is 9.15. The van der Waals surface area contributed by atoms with Crippen molar-refractivity contribution >= 4 is 23.2 Å². The number of benzene rings is 1. The van der Waals surface area contributed by atoms with Crippen LogP contribution in [0, 0.1) is 5.92 Å². The number of hydrogen-bond acceptors (Lipinski definition) is 2. The van der Waals surface area contributed by atoms with Gasteiger partial charge in [-0.2, -0.15) is 0 Å². The quantitative estimate of drug-likeness (QED) is 0.838. The van der Waals surface area contributed by atoms with Crippen molar-refractivity contribution in [2.24, 2.45) is 5.92 Å². The van der Waals surface area contributed by atoms with Crippen molar-refractivity contribution in [2.75, 3.05) is 33.2 Å². The molecule has 0 bridgehead atoms. The Morgan fingerprint density at radius 3 is 2.95 bits per heavy atom. The second-order valence-electron chi connectivity index (χ2n) is 5.46. The van der Waals surface area contributed by atoms with E-state index in [4.69, 9.17) is 23.2 Å². The maximum Gasteiger partial charge on any atom is 0.0453 e. The molecule has 1 aliphatic rings. The average Bonchev–Trinajstić information content (AvgIpc) is 2.37. The molecule has 1 aromatic rings. The summed E-state index contributed by atoms with van der Waals surface area (Å²) in [5.41, 5.74) is 1.17. The Morgan fingerprint density at radius 1 is 1.37 bits per heavy atom. The number of piperidine rings is 1. The molecular formula is C15H22Cl2N2. The minimum Gasteiger partial charge on any atom is -0.316 e. The maximum absolute atomic E-state index is 6.16. The van der Waals surface area contributed by atoms with Gasteiger partial charge in [0.25, 0.3) is 0 Å². The molecule has 1 N–H and O–H groups in total. The molecule has 1 heterocycles. The number of hydrogen-bond donors (Lipinski definition) is 1. The number of nitrogens with zero attached hydrogens (tertiary/aromatic N) is 1. The highest BCUT2D eigenvalue weighted by Gasteiger charge is 2.16. The fraction of sp³-hybridized carbons (Fsp3) is 0.600. The normalized spacial score (nSPS) is 20.7. The summed E-state index contributed by atoms with van der Waals surface area (Å²) in [6.45, 7) is 4.54. The Bertz CT molecular complexity index is 409. The molecule has 1 unspecified atom stereocenters. The first-order valence-electron chi connectivity index (χ1n) is 6.98. The summed E-state index contributed by atoms with van der Waals surface area (Å²) in [6, 6.07) is 5.73. The zero-order valence-corrected chi connectivity index (χ0v) is 13.0. The molecule has 2 nitrogen and oxygen atoms in total. The molecule has 1 saturated heterocycles. The molecule has 0 spiro atoms. The van der Waals surface area contributed by atoms with E-state index in [1.165, 1.54) is 31.5 Å². The molecular weight excluding hydrogens is 279 g/mol. The van der Waals surface area contributed by atoms with Crippen molar-refractivity contribution in [2.45, 2.75) is 19.3 Å². The van der Waals surface area contributed by atoms with Gasteiger partial charge in [-0.05, 0) is 69.6 Å². The van der Waals surface area contributed by atoms with Crippen LogP contribution in [0.5, 0.6) is 0 Å². The van der Waals surface area contributed by atoms with E-state index in [-0.39, 0.29) is 0 Å². The van der Waals surface area contributed by atoms with E-state index in [2.05, 4.69) is 17.3 Å². The summed E-state index contributed by atoms with van der Waals surface area (Å²) < 4.78 is 0. The number of halogens is 2. The second kappa shape index (κ2) is 7.49. The summed E-state index contributed by atoms with van der Waals surface area (Å²) in [5, 5.41) is 5.02. The first-order valence-corrected chi connectivity index (χ1v) is 7.74. The van der Waals surface area contributed by atoms with E-state index >= 15 is 0 Å². The van der Waals surface area contributed by atoms with Crippen molar-refractivity contribution in [3.63, 3.8) is 0 Å². The van der Waals surface area contributed by atoms with Crippen LogP contribution in [0.25, 0.3) is 0 Å². The summed E-state index contributed by atoms with van der Waals surface area (Å²) in [6.07, 6.45) is 3.63. The van der Waals surface area contributed by atoms with Crippen LogP contribution < -0.4 is 5.32 Å². The predicted molar refractivity (Wildman–Crippen MR) is 83.3 cm³/mol. The van der Waals surface area contributed by atoms with Crippen LogP contribution in [0.1, 0.15) is 18.4 Å². The van der Waals surface area contributed by atoms with Gasteiger partial charge >= 0.3 is 0 Å². The number of likely N-dealkylation sites (tertiary alicyclic amines) is 1. The van der Waals surface area contributed by atoms with Gasteiger partial charge in [-0.25, -0.2) is 0 Å². The molecule has 106 valence electrons. The molecule has 19 heavy (non-hydrogen) atoms. The van der Waals surface area contributed by atoms with Crippen molar-refractivity contribution in [3.05, 3.63) is 33.8 Å².